The maximum Gasteiger partial charge on any atom is 0.273 e. The van der Waals surface area contributed by atoms with Crippen LogP contribution in [0.1, 0.15) is 28.9 Å². The fraction of sp³-hybridized carbons (Fsp3) is 0.235. The minimum absolute atomic E-state index is 0.00299. The zero-order valence-corrected chi connectivity index (χ0v) is 13.4. The molecule has 0 spiro atoms. The van der Waals surface area contributed by atoms with E-state index < -0.39 is 11.5 Å². The van der Waals surface area contributed by atoms with Crippen LogP contribution in [0.5, 0.6) is 0 Å². The number of aromatic nitrogens is 3. The van der Waals surface area contributed by atoms with Crippen molar-refractivity contribution in [2.45, 2.75) is 19.4 Å². The summed E-state index contributed by atoms with van der Waals surface area (Å²) in [4.78, 5) is 13.6. The van der Waals surface area contributed by atoms with Gasteiger partial charge in [-0.15, -0.1) is 5.10 Å². The number of carbonyl (C=O) groups is 1. The van der Waals surface area contributed by atoms with Crippen molar-refractivity contribution in [2.24, 2.45) is 0 Å². The maximum atomic E-state index is 12.2. The fourth-order valence-electron chi connectivity index (χ4n) is 2.21. The number of hydrogen-bond acceptors (Lipinski definition) is 5. The predicted molar refractivity (Wildman–Crippen MR) is 86.7 cm³/mol. The summed E-state index contributed by atoms with van der Waals surface area (Å²) in [7, 11) is 0. The zero-order chi connectivity index (χ0) is 17.2. The van der Waals surface area contributed by atoms with Crippen LogP contribution in [0.3, 0.4) is 0 Å². The van der Waals surface area contributed by atoms with E-state index in [1.165, 1.54) is 11.0 Å². The first-order valence-corrected chi connectivity index (χ1v) is 7.51. The predicted octanol–water partition coefficient (Wildman–Crippen LogP) is 1.81. The number of para-hydroxylation sites is 1. The lowest BCUT2D eigenvalue weighted by Gasteiger charge is -2.20. The second kappa shape index (κ2) is 6.29. The van der Waals surface area contributed by atoms with Crippen LogP contribution in [-0.2, 0) is 5.60 Å². The first-order chi connectivity index (χ1) is 11.5. The van der Waals surface area contributed by atoms with E-state index in [0.717, 1.165) is 5.69 Å². The van der Waals surface area contributed by atoms with Gasteiger partial charge in [-0.2, -0.15) is 9.90 Å². The largest absolute Gasteiger partial charge is 0.463 e. The Labute approximate surface area is 138 Å². The number of nitrogens with zero attached hydrogens (tertiary/aromatic N) is 3. The molecule has 2 N–H and O–H groups in total. The van der Waals surface area contributed by atoms with Crippen LogP contribution < -0.4 is 5.32 Å². The topological polar surface area (TPSA) is 93.2 Å². The monoisotopic (exact) mass is 326 g/mol. The molecular weight excluding hydrogens is 308 g/mol. The first-order valence-electron chi connectivity index (χ1n) is 7.51. The second-order valence-corrected chi connectivity index (χ2v) is 5.72. The highest BCUT2D eigenvalue weighted by Gasteiger charge is 2.28. The Hall–Kier alpha value is -2.93. The molecule has 7 nitrogen and oxygen atoms in total. The third kappa shape index (κ3) is 3.36. The lowest BCUT2D eigenvalue weighted by Crippen LogP contribution is -2.38. The van der Waals surface area contributed by atoms with Gasteiger partial charge in [0.15, 0.2) is 5.69 Å². The molecule has 0 saturated heterocycles. The van der Waals surface area contributed by atoms with E-state index in [0.29, 0.717) is 11.5 Å². The summed E-state index contributed by atoms with van der Waals surface area (Å²) in [5.41, 5.74) is -0.376. The summed E-state index contributed by atoms with van der Waals surface area (Å²) in [5.74, 6) is 0.677. The van der Waals surface area contributed by atoms with Crippen LogP contribution in [-0.4, -0.2) is 32.6 Å². The molecule has 2 heterocycles. The number of carbonyl (C=O) groups excluding carboxylic acids is 1. The zero-order valence-electron chi connectivity index (χ0n) is 13.4. The molecule has 0 fully saturated rings. The fourth-order valence-corrected chi connectivity index (χ4v) is 2.21. The average Bonchev–Trinajstić information content (AvgIpc) is 3.23. The van der Waals surface area contributed by atoms with Crippen molar-refractivity contribution in [1.29, 1.82) is 0 Å². The lowest BCUT2D eigenvalue weighted by atomic mass is 10.0. The molecule has 3 aromatic rings. The molecule has 2 aromatic heterocycles. The molecule has 0 radical (unpaired) electrons. The highest BCUT2D eigenvalue weighted by Crippen LogP contribution is 2.22. The quantitative estimate of drug-likeness (QED) is 0.746. The number of rotatable bonds is 5. The van der Waals surface area contributed by atoms with Crippen LogP contribution in [0.4, 0.5) is 0 Å². The van der Waals surface area contributed by atoms with Crippen molar-refractivity contribution < 1.29 is 14.3 Å². The summed E-state index contributed by atoms with van der Waals surface area (Å²) >= 11 is 0. The minimum Gasteiger partial charge on any atom is -0.463 e. The van der Waals surface area contributed by atoms with Crippen LogP contribution in [0, 0.1) is 6.92 Å². The Morgan fingerprint density at radius 3 is 2.71 bits per heavy atom. The van der Waals surface area contributed by atoms with Gasteiger partial charge in [0.25, 0.3) is 5.91 Å². The van der Waals surface area contributed by atoms with Gasteiger partial charge >= 0.3 is 0 Å². The molecule has 124 valence electrons. The van der Waals surface area contributed by atoms with Crippen molar-refractivity contribution in [3.63, 3.8) is 0 Å². The molecular formula is C17H18N4O3. The number of benzene rings is 1. The number of aliphatic hydroxyl groups is 1. The molecule has 0 aliphatic rings. The van der Waals surface area contributed by atoms with E-state index in [1.54, 1.807) is 26.0 Å². The van der Waals surface area contributed by atoms with Gasteiger partial charge < -0.3 is 14.8 Å². The second-order valence-electron chi connectivity index (χ2n) is 5.72. The average molecular weight is 326 g/mol. The standard InChI is InChI=1S/C17H18N4O3/c1-12-8-9-15(24-12)17(2,23)11-18-16(22)14-10-19-21(20-14)13-6-4-3-5-7-13/h3-10,23H,11H2,1-2H3,(H,18,22). The van der Waals surface area contributed by atoms with Gasteiger partial charge in [-0.05, 0) is 38.1 Å². The number of hydrogen-bond donors (Lipinski definition) is 2. The maximum absolute atomic E-state index is 12.2. The van der Waals surface area contributed by atoms with Crippen molar-refractivity contribution in [3.05, 3.63) is 65.9 Å². The summed E-state index contributed by atoms with van der Waals surface area (Å²) < 4.78 is 5.41. The SMILES string of the molecule is Cc1ccc(C(C)(O)CNC(=O)c2cnn(-c3ccccc3)n2)o1. The number of aryl methyl sites for hydroxylation is 1. The van der Waals surface area contributed by atoms with Crippen LogP contribution in [0.25, 0.3) is 5.69 Å². The van der Waals surface area contributed by atoms with E-state index in [-0.39, 0.29) is 12.2 Å². The molecule has 7 heteroatoms. The number of amides is 1. The van der Waals surface area contributed by atoms with Crippen LogP contribution in [0.15, 0.2) is 53.1 Å². The molecule has 0 saturated carbocycles. The smallest absolute Gasteiger partial charge is 0.273 e. The van der Waals surface area contributed by atoms with E-state index in [1.807, 2.05) is 30.3 Å². The minimum atomic E-state index is -1.31. The van der Waals surface area contributed by atoms with E-state index in [2.05, 4.69) is 15.5 Å². The Bertz CT molecular complexity index is 836. The molecule has 3 rings (SSSR count). The van der Waals surface area contributed by atoms with Crippen molar-refractivity contribution in [2.75, 3.05) is 6.54 Å². The Kier molecular flexibility index (Phi) is 4.18. The van der Waals surface area contributed by atoms with E-state index in [4.69, 9.17) is 4.42 Å². The molecule has 0 aliphatic carbocycles. The van der Waals surface area contributed by atoms with Gasteiger partial charge in [-0.1, -0.05) is 18.2 Å². The summed E-state index contributed by atoms with van der Waals surface area (Å²) in [6, 6.07) is 12.7. The van der Waals surface area contributed by atoms with E-state index in [9.17, 15) is 9.90 Å². The van der Waals surface area contributed by atoms with Gasteiger partial charge in [0.1, 0.15) is 17.1 Å². The summed E-state index contributed by atoms with van der Waals surface area (Å²) in [6.07, 6.45) is 1.38. The molecule has 1 aromatic carbocycles. The summed E-state index contributed by atoms with van der Waals surface area (Å²) in [6.45, 7) is 3.36. The third-order valence-corrected chi connectivity index (χ3v) is 3.58. The van der Waals surface area contributed by atoms with Crippen molar-refractivity contribution >= 4 is 5.91 Å². The molecule has 24 heavy (non-hydrogen) atoms. The van der Waals surface area contributed by atoms with Crippen LogP contribution in [0.2, 0.25) is 0 Å². The Morgan fingerprint density at radius 1 is 1.29 bits per heavy atom. The normalized spacial score (nSPS) is 13.5. The summed E-state index contributed by atoms with van der Waals surface area (Å²) in [5, 5.41) is 21.3. The third-order valence-electron chi connectivity index (χ3n) is 3.58. The molecule has 0 bridgehead atoms. The Morgan fingerprint density at radius 2 is 2.04 bits per heavy atom. The highest BCUT2D eigenvalue weighted by molar-refractivity contribution is 5.91. The van der Waals surface area contributed by atoms with E-state index >= 15 is 0 Å². The molecule has 0 aliphatic heterocycles. The number of nitrogens with one attached hydrogen (secondary N) is 1. The van der Waals surface area contributed by atoms with Gasteiger partial charge in [0, 0.05) is 0 Å². The number of furan rings is 1. The Balaban J connectivity index is 1.66. The lowest BCUT2D eigenvalue weighted by molar-refractivity contribution is 0.0322. The van der Waals surface area contributed by atoms with Gasteiger partial charge in [-0.3, -0.25) is 4.79 Å². The van der Waals surface area contributed by atoms with Crippen LogP contribution >= 0.6 is 0 Å². The van der Waals surface area contributed by atoms with Crippen molar-refractivity contribution in [1.82, 2.24) is 20.3 Å². The highest BCUT2D eigenvalue weighted by atomic mass is 16.4. The van der Waals surface area contributed by atoms with Crippen molar-refractivity contribution in [3.8, 4) is 5.69 Å². The molecule has 1 unspecified atom stereocenters. The van der Waals surface area contributed by atoms with Gasteiger partial charge in [0.2, 0.25) is 0 Å². The van der Waals surface area contributed by atoms with Gasteiger partial charge in [-0.25, -0.2) is 0 Å². The molecule has 1 amide bonds. The van der Waals surface area contributed by atoms with Gasteiger partial charge in [0.05, 0.1) is 18.4 Å². The molecule has 1 atom stereocenters. The first kappa shape index (κ1) is 15.9.